The van der Waals surface area contributed by atoms with Gasteiger partial charge in [0, 0.05) is 35.0 Å². The Labute approximate surface area is 356 Å². The monoisotopic (exact) mass is 811 g/mol. The lowest BCUT2D eigenvalue weighted by Crippen LogP contribution is -2.48. The van der Waals surface area contributed by atoms with Gasteiger partial charge in [-0.3, -0.25) is 19.3 Å². The number of hydrogen-bond acceptors (Lipinski definition) is 6. The molecule has 1 fully saturated rings. The first-order valence-corrected chi connectivity index (χ1v) is 21.2. The summed E-state index contributed by atoms with van der Waals surface area (Å²) in [6.07, 6.45) is 0.00268. The molecule has 3 amide bonds. The minimum Gasteiger partial charge on any atom is -0.497 e. The van der Waals surface area contributed by atoms with Crippen molar-refractivity contribution in [2.24, 2.45) is 11.8 Å². The second-order valence-electron chi connectivity index (χ2n) is 17.6. The van der Waals surface area contributed by atoms with E-state index in [1.165, 1.54) is 0 Å². The van der Waals surface area contributed by atoms with Crippen LogP contribution >= 0.6 is 0 Å². The highest BCUT2D eigenvalue weighted by atomic mass is 16.5. The molecule has 61 heavy (non-hydrogen) atoms. The maximum atomic E-state index is 15.4. The molecule has 1 N–H and O–H groups in total. The van der Waals surface area contributed by atoms with Gasteiger partial charge in [0.2, 0.25) is 5.91 Å². The van der Waals surface area contributed by atoms with Gasteiger partial charge >= 0.3 is 0 Å². The summed E-state index contributed by atoms with van der Waals surface area (Å²) in [5.74, 6) is -0.189. The van der Waals surface area contributed by atoms with Crippen molar-refractivity contribution in [3.8, 4) is 5.75 Å². The van der Waals surface area contributed by atoms with E-state index in [4.69, 9.17) is 9.47 Å². The molecule has 1 spiro atoms. The zero-order chi connectivity index (χ0) is 42.2. The quantitative estimate of drug-likeness (QED) is 0.157. The number of nitrogens with zero attached hydrogens (tertiary/aromatic N) is 3. The fraction of sp³-hybridized carbons (Fsp3) is 0.288. The molecule has 0 saturated carbocycles. The van der Waals surface area contributed by atoms with E-state index >= 15 is 4.79 Å². The predicted molar refractivity (Wildman–Crippen MR) is 236 cm³/mol. The fourth-order valence-corrected chi connectivity index (χ4v) is 11.1. The molecule has 4 aliphatic rings. The molecule has 0 aromatic heterocycles. The van der Waals surface area contributed by atoms with Crippen LogP contribution < -0.4 is 14.5 Å². The van der Waals surface area contributed by atoms with Gasteiger partial charge in [-0.25, -0.2) is 0 Å². The molecule has 0 unspecified atom stereocenters. The molecule has 6 aromatic carbocycles. The maximum absolute atomic E-state index is 15.4. The van der Waals surface area contributed by atoms with E-state index in [1.54, 1.807) is 16.9 Å². The number of aliphatic hydroxyl groups excluding tert-OH is 1. The first-order valence-electron chi connectivity index (χ1n) is 21.2. The van der Waals surface area contributed by atoms with Crippen LogP contribution in [0.3, 0.4) is 0 Å². The molecular weight excluding hydrogens is 763 g/mol. The molecule has 4 aliphatic heterocycles. The number of para-hydroxylation sites is 1. The molecular formula is C52H49N3O6. The van der Waals surface area contributed by atoms with Crippen LogP contribution in [0.4, 0.5) is 17.1 Å². The van der Waals surface area contributed by atoms with Gasteiger partial charge in [-0.05, 0) is 81.9 Å². The number of rotatable bonds is 9. The van der Waals surface area contributed by atoms with Gasteiger partial charge in [0.25, 0.3) is 11.8 Å². The van der Waals surface area contributed by atoms with Crippen molar-refractivity contribution < 1.29 is 29.0 Å². The number of hydrogen-bond donors (Lipinski definition) is 1. The van der Waals surface area contributed by atoms with Crippen LogP contribution in [0.25, 0.3) is 10.8 Å². The molecule has 308 valence electrons. The second kappa shape index (κ2) is 14.7. The van der Waals surface area contributed by atoms with E-state index in [0.717, 1.165) is 61.4 Å². The fourth-order valence-electron chi connectivity index (χ4n) is 11.1. The first kappa shape index (κ1) is 38.9. The summed E-state index contributed by atoms with van der Waals surface area (Å²) >= 11 is 0. The third-order valence-electron chi connectivity index (χ3n) is 14.1. The van der Waals surface area contributed by atoms with E-state index in [9.17, 15) is 14.7 Å². The smallest absolute Gasteiger partial charge is 0.264 e. The van der Waals surface area contributed by atoms with Crippen LogP contribution in [0.2, 0.25) is 0 Å². The van der Waals surface area contributed by atoms with E-state index in [2.05, 4.69) is 39.0 Å². The molecule has 0 aliphatic carbocycles. The minimum absolute atomic E-state index is 0.0543. The summed E-state index contributed by atoms with van der Waals surface area (Å²) in [6, 6.07) is 43.3. The summed E-state index contributed by atoms with van der Waals surface area (Å²) in [5.41, 5.74) is 6.16. The number of methoxy groups -OCH3 is 1. The molecule has 9 heteroatoms. The number of fused-ring (bicyclic) bond motifs is 3. The van der Waals surface area contributed by atoms with E-state index in [0.29, 0.717) is 25.1 Å². The number of carbonyl (C=O) groups is 3. The van der Waals surface area contributed by atoms with Crippen molar-refractivity contribution >= 4 is 45.6 Å². The summed E-state index contributed by atoms with van der Waals surface area (Å²) in [4.78, 5) is 49.1. The Morgan fingerprint density at radius 1 is 0.836 bits per heavy atom. The molecule has 0 radical (unpaired) electrons. The lowest BCUT2D eigenvalue weighted by atomic mass is 9.63. The standard InChI is InChI=1S/C52H49N3O6/c1-32-48(51(2,3)37-21-25-40(60-4)26-22-37)45(28-46(57)53-30-36-12-6-5-11-35(36)27-39(53)31-56)61-52(32)42-16-7-8-17-43(42)54(50(52)59)29-33-19-23-38(24-20-33)55-44-18-10-14-34-13-9-15-41(47(34)44)49(55)58/h5-26,32,39,45,48,56H,27-31H2,1-4H3/t32-,39-,45+,48-,52+/m0/s1. The first-order chi connectivity index (χ1) is 29.5. The number of anilines is 3. The molecule has 5 atom stereocenters. The van der Waals surface area contributed by atoms with E-state index in [1.807, 2.05) is 120 Å². The molecule has 4 heterocycles. The Morgan fingerprint density at radius 3 is 2.26 bits per heavy atom. The zero-order valence-corrected chi connectivity index (χ0v) is 34.9. The average Bonchev–Trinajstić information content (AvgIpc) is 3.84. The van der Waals surface area contributed by atoms with Crippen molar-refractivity contribution in [3.05, 3.63) is 167 Å². The Balaban J connectivity index is 0.983. The third kappa shape index (κ3) is 6.00. The summed E-state index contributed by atoms with van der Waals surface area (Å²) in [6.45, 7) is 7.01. The van der Waals surface area contributed by atoms with Crippen LogP contribution in [0.1, 0.15) is 65.4 Å². The highest BCUT2D eigenvalue weighted by Gasteiger charge is 2.66. The summed E-state index contributed by atoms with van der Waals surface area (Å²) < 4.78 is 12.8. The number of aliphatic hydroxyl groups is 1. The Bertz CT molecular complexity index is 2710. The van der Waals surface area contributed by atoms with E-state index < -0.39 is 17.1 Å². The Hall–Kier alpha value is -6.29. The van der Waals surface area contributed by atoms with Gasteiger partial charge in [-0.15, -0.1) is 0 Å². The van der Waals surface area contributed by atoms with Crippen molar-refractivity contribution in [1.29, 1.82) is 0 Å². The largest absolute Gasteiger partial charge is 0.497 e. The van der Waals surface area contributed by atoms with Crippen molar-refractivity contribution in [1.82, 2.24) is 4.90 Å². The molecule has 0 bridgehead atoms. The maximum Gasteiger partial charge on any atom is 0.264 e. The van der Waals surface area contributed by atoms with Crippen LogP contribution in [0.5, 0.6) is 5.75 Å². The number of ether oxygens (including phenoxy) is 2. The number of amides is 3. The lowest BCUT2D eigenvalue weighted by Gasteiger charge is -2.40. The minimum atomic E-state index is -1.35. The Morgan fingerprint density at radius 2 is 1.52 bits per heavy atom. The molecule has 6 aromatic rings. The van der Waals surface area contributed by atoms with Gasteiger partial charge in [-0.1, -0.05) is 112 Å². The van der Waals surface area contributed by atoms with Crippen LogP contribution in [-0.2, 0) is 44.9 Å². The van der Waals surface area contributed by atoms with Crippen LogP contribution in [0, 0.1) is 11.8 Å². The second-order valence-corrected chi connectivity index (χ2v) is 17.6. The van der Waals surface area contributed by atoms with Crippen LogP contribution in [-0.4, -0.2) is 53.6 Å². The van der Waals surface area contributed by atoms with Gasteiger partial charge < -0.3 is 24.4 Å². The Kier molecular flexibility index (Phi) is 9.38. The van der Waals surface area contributed by atoms with E-state index in [-0.39, 0.29) is 48.6 Å². The van der Waals surface area contributed by atoms with Gasteiger partial charge in [0.1, 0.15) is 5.75 Å². The highest BCUT2D eigenvalue weighted by molar-refractivity contribution is 6.27. The van der Waals surface area contributed by atoms with Crippen molar-refractivity contribution in [2.45, 2.75) is 69.9 Å². The number of carbonyl (C=O) groups excluding carboxylic acids is 3. The van der Waals surface area contributed by atoms with Gasteiger partial charge in [0.05, 0.1) is 55.8 Å². The normalized spacial score (nSPS) is 22.9. The molecule has 1 saturated heterocycles. The molecule has 9 nitrogen and oxygen atoms in total. The SMILES string of the molecule is COc1ccc(C(C)(C)[C@@H]2[C@@H](CC(=O)N3Cc4ccccc4C[C@H]3CO)O[C@]3(C(=O)N(Cc4ccc(N5C(=O)c6cccc7cccc5c67)cc4)c4ccccc43)[C@H]2C)cc1. The summed E-state index contributed by atoms with van der Waals surface area (Å²) in [5, 5.41) is 12.5. The average molecular weight is 812 g/mol. The predicted octanol–water partition coefficient (Wildman–Crippen LogP) is 8.85. The van der Waals surface area contributed by atoms with Crippen molar-refractivity contribution in [2.75, 3.05) is 23.5 Å². The van der Waals surface area contributed by atoms with Gasteiger partial charge in [-0.2, -0.15) is 0 Å². The van der Waals surface area contributed by atoms with Crippen molar-refractivity contribution in [3.63, 3.8) is 0 Å². The topological polar surface area (TPSA) is 99.6 Å². The molecule has 10 rings (SSSR count). The zero-order valence-electron chi connectivity index (χ0n) is 34.9. The van der Waals surface area contributed by atoms with Gasteiger partial charge in [0.15, 0.2) is 5.60 Å². The summed E-state index contributed by atoms with van der Waals surface area (Å²) in [7, 11) is 1.65. The third-order valence-corrected chi connectivity index (χ3v) is 14.1. The van der Waals surface area contributed by atoms with Crippen LogP contribution in [0.15, 0.2) is 133 Å². The highest BCUT2D eigenvalue weighted by Crippen LogP contribution is 2.60. The number of benzene rings is 6. The lowest BCUT2D eigenvalue weighted by molar-refractivity contribution is -0.151.